The molecule has 0 heterocycles. The zero-order chi connectivity index (χ0) is 13.3. The lowest BCUT2D eigenvalue weighted by Gasteiger charge is -2.06. The van der Waals surface area contributed by atoms with Crippen molar-refractivity contribution in [3.63, 3.8) is 0 Å². The number of rotatable bonds is 3. The Bertz CT molecular complexity index is 329. The fourth-order valence-corrected chi connectivity index (χ4v) is 1.04. The molecular weight excluding hydrogens is 214 g/mol. The van der Waals surface area contributed by atoms with Gasteiger partial charge in [-0.3, -0.25) is 0 Å². The molecular formula is C14H23NO2. The molecule has 0 saturated heterocycles. The summed E-state index contributed by atoms with van der Waals surface area (Å²) in [6, 6.07) is 8.00. The van der Waals surface area contributed by atoms with Crippen molar-refractivity contribution in [1.29, 1.82) is 0 Å². The largest absolute Gasteiger partial charge is 0.496 e. The van der Waals surface area contributed by atoms with Crippen LogP contribution in [-0.4, -0.2) is 20.4 Å². The van der Waals surface area contributed by atoms with E-state index in [1.807, 2.05) is 46.0 Å². The number of ether oxygens (including phenoxy) is 1. The number of para-hydroxylation sites is 1. The van der Waals surface area contributed by atoms with E-state index < -0.39 is 0 Å². The molecule has 0 radical (unpaired) electrons. The molecule has 0 unspecified atom stereocenters. The van der Waals surface area contributed by atoms with Gasteiger partial charge in [0.15, 0.2) is 0 Å². The molecule has 0 atom stereocenters. The maximum atomic E-state index is 9.83. The van der Waals surface area contributed by atoms with Gasteiger partial charge in [0.2, 0.25) is 0 Å². The number of methoxy groups -OCH3 is 1. The van der Waals surface area contributed by atoms with E-state index in [2.05, 4.69) is 11.4 Å². The molecule has 96 valence electrons. The van der Waals surface area contributed by atoms with Gasteiger partial charge in [-0.25, -0.2) is 0 Å². The fraction of sp³-hybridized carbons (Fsp3) is 0.500. The number of carbonyl (C=O) groups excluding carboxylic acids is 1. The quantitative estimate of drug-likeness (QED) is 0.821. The topological polar surface area (TPSA) is 38.3 Å². The standard InChI is InChI=1S/C9H13NO.C5H10O/c1-10-7-8-5-3-4-6-9(8)11-2;1-5(2,3)4-6/h3-6,10H,7H2,1-2H3;4H,1-3H3. The Hall–Kier alpha value is -1.35. The monoisotopic (exact) mass is 237 g/mol. The molecule has 1 aromatic carbocycles. The zero-order valence-electron chi connectivity index (χ0n) is 11.4. The van der Waals surface area contributed by atoms with E-state index >= 15 is 0 Å². The van der Waals surface area contributed by atoms with Crippen LogP contribution in [0.4, 0.5) is 0 Å². The van der Waals surface area contributed by atoms with Gasteiger partial charge in [0.05, 0.1) is 7.11 Å². The summed E-state index contributed by atoms with van der Waals surface area (Å²) in [5.74, 6) is 0.946. The number of benzene rings is 1. The third-order valence-corrected chi connectivity index (χ3v) is 1.91. The minimum Gasteiger partial charge on any atom is -0.496 e. The number of aldehydes is 1. The summed E-state index contributed by atoms with van der Waals surface area (Å²) in [5.41, 5.74) is 1.05. The highest BCUT2D eigenvalue weighted by molar-refractivity contribution is 5.56. The van der Waals surface area contributed by atoms with E-state index in [1.165, 1.54) is 5.56 Å². The highest BCUT2D eigenvalue weighted by Crippen LogP contribution is 2.16. The third kappa shape index (κ3) is 7.53. The van der Waals surface area contributed by atoms with E-state index in [-0.39, 0.29) is 5.41 Å². The van der Waals surface area contributed by atoms with E-state index in [0.29, 0.717) is 0 Å². The molecule has 0 fully saturated rings. The first kappa shape index (κ1) is 15.7. The first-order chi connectivity index (χ1) is 7.94. The number of nitrogens with one attached hydrogen (secondary N) is 1. The van der Waals surface area contributed by atoms with Crippen molar-refractivity contribution in [2.45, 2.75) is 27.3 Å². The Morgan fingerprint density at radius 3 is 2.24 bits per heavy atom. The summed E-state index contributed by atoms with van der Waals surface area (Å²) in [7, 11) is 3.61. The second kappa shape index (κ2) is 7.85. The van der Waals surface area contributed by atoms with Crippen molar-refractivity contribution in [3.8, 4) is 5.75 Å². The molecule has 0 aliphatic rings. The van der Waals surface area contributed by atoms with Crippen molar-refractivity contribution >= 4 is 6.29 Å². The number of carbonyl (C=O) groups is 1. The Labute approximate surface area is 104 Å². The van der Waals surface area contributed by atoms with Crippen molar-refractivity contribution in [2.75, 3.05) is 14.2 Å². The van der Waals surface area contributed by atoms with E-state index in [4.69, 9.17) is 4.74 Å². The first-order valence-corrected chi connectivity index (χ1v) is 5.67. The normalized spacial score (nSPS) is 10.2. The molecule has 3 heteroatoms. The predicted molar refractivity (Wildman–Crippen MR) is 71.3 cm³/mol. The van der Waals surface area contributed by atoms with Gasteiger partial charge in [-0.2, -0.15) is 0 Å². The first-order valence-electron chi connectivity index (χ1n) is 5.67. The SMILES string of the molecule is CC(C)(C)C=O.CNCc1ccccc1OC. The van der Waals surface area contributed by atoms with Gasteiger partial charge in [0, 0.05) is 17.5 Å². The molecule has 1 aromatic rings. The third-order valence-electron chi connectivity index (χ3n) is 1.91. The molecule has 0 amide bonds. The Morgan fingerprint density at radius 1 is 1.29 bits per heavy atom. The van der Waals surface area contributed by atoms with Gasteiger partial charge in [0.1, 0.15) is 12.0 Å². The van der Waals surface area contributed by atoms with Crippen LogP contribution in [0.1, 0.15) is 26.3 Å². The molecule has 0 bridgehead atoms. The molecule has 3 nitrogen and oxygen atoms in total. The van der Waals surface area contributed by atoms with Crippen LogP contribution in [0.3, 0.4) is 0 Å². The van der Waals surface area contributed by atoms with Crippen LogP contribution in [0.15, 0.2) is 24.3 Å². The maximum absolute atomic E-state index is 9.83. The smallest absolute Gasteiger partial charge is 0.125 e. The number of hydrogen-bond acceptors (Lipinski definition) is 3. The van der Waals surface area contributed by atoms with E-state index in [9.17, 15) is 4.79 Å². The lowest BCUT2D eigenvalue weighted by atomic mass is 10.0. The summed E-state index contributed by atoms with van der Waals surface area (Å²) in [4.78, 5) is 9.83. The van der Waals surface area contributed by atoms with Crippen LogP contribution in [0.25, 0.3) is 0 Å². The van der Waals surface area contributed by atoms with Crippen LogP contribution >= 0.6 is 0 Å². The average Bonchev–Trinajstić information content (AvgIpc) is 2.30. The van der Waals surface area contributed by atoms with Crippen LogP contribution in [-0.2, 0) is 11.3 Å². The van der Waals surface area contributed by atoms with Gasteiger partial charge < -0.3 is 14.8 Å². The van der Waals surface area contributed by atoms with Crippen LogP contribution in [0, 0.1) is 5.41 Å². The predicted octanol–water partition coefficient (Wildman–Crippen LogP) is 2.65. The van der Waals surface area contributed by atoms with Gasteiger partial charge in [0.25, 0.3) is 0 Å². The molecule has 1 rings (SSSR count). The second-order valence-corrected chi connectivity index (χ2v) is 4.83. The fourth-order valence-electron chi connectivity index (χ4n) is 1.04. The van der Waals surface area contributed by atoms with E-state index in [1.54, 1.807) is 7.11 Å². The number of hydrogen-bond donors (Lipinski definition) is 1. The maximum Gasteiger partial charge on any atom is 0.125 e. The summed E-state index contributed by atoms with van der Waals surface area (Å²) in [6.07, 6.45) is 0.938. The lowest BCUT2D eigenvalue weighted by Crippen LogP contribution is -2.06. The average molecular weight is 237 g/mol. The van der Waals surface area contributed by atoms with Gasteiger partial charge >= 0.3 is 0 Å². The van der Waals surface area contributed by atoms with Crippen LogP contribution in [0.2, 0.25) is 0 Å². The van der Waals surface area contributed by atoms with Crippen molar-refractivity contribution < 1.29 is 9.53 Å². The Morgan fingerprint density at radius 2 is 1.82 bits per heavy atom. The highest BCUT2D eigenvalue weighted by atomic mass is 16.5. The van der Waals surface area contributed by atoms with Crippen LogP contribution in [0.5, 0.6) is 5.75 Å². The molecule has 0 aliphatic heterocycles. The minimum atomic E-state index is -0.139. The van der Waals surface area contributed by atoms with Gasteiger partial charge in [-0.15, -0.1) is 0 Å². The van der Waals surface area contributed by atoms with Crippen molar-refractivity contribution in [3.05, 3.63) is 29.8 Å². The highest BCUT2D eigenvalue weighted by Gasteiger charge is 2.04. The summed E-state index contributed by atoms with van der Waals surface area (Å²) >= 11 is 0. The second-order valence-electron chi connectivity index (χ2n) is 4.83. The Balaban J connectivity index is 0.000000366. The van der Waals surface area contributed by atoms with Gasteiger partial charge in [-0.1, -0.05) is 39.0 Å². The molecule has 17 heavy (non-hydrogen) atoms. The minimum absolute atomic E-state index is 0.139. The van der Waals surface area contributed by atoms with Gasteiger partial charge in [-0.05, 0) is 13.1 Å². The molecule has 0 saturated carbocycles. The summed E-state index contributed by atoms with van der Waals surface area (Å²) in [6.45, 7) is 6.48. The molecule has 0 aliphatic carbocycles. The van der Waals surface area contributed by atoms with Crippen molar-refractivity contribution in [2.24, 2.45) is 5.41 Å². The zero-order valence-corrected chi connectivity index (χ0v) is 11.4. The van der Waals surface area contributed by atoms with Crippen LogP contribution < -0.4 is 10.1 Å². The lowest BCUT2D eigenvalue weighted by molar-refractivity contribution is -0.113. The summed E-state index contributed by atoms with van der Waals surface area (Å²) < 4.78 is 5.16. The Kier molecular flexibility index (Phi) is 7.22. The summed E-state index contributed by atoms with van der Waals surface area (Å²) in [5, 5.41) is 3.08. The molecule has 0 spiro atoms. The molecule has 1 N–H and O–H groups in total. The van der Waals surface area contributed by atoms with E-state index in [0.717, 1.165) is 18.6 Å². The van der Waals surface area contributed by atoms with Crippen molar-refractivity contribution in [1.82, 2.24) is 5.32 Å². The molecule has 0 aromatic heterocycles.